The normalized spacial score (nSPS) is 10.6. The fourth-order valence-electron chi connectivity index (χ4n) is 2.42. The van der Waals surface area contributed by atoms with E-state index >= 15 is 0 Å². The number of amides is 1. The van der Waals surface area contributed by atoms with Crippen LogP contribution >= 0.6 is 0 Å². The van der Waals surface area contributed by atoms with Crippen LogP contribution in [0.4, 0.5) is 0 Å². The predicted octanol–water partition coefficient (Wildman–Crippen LogP) is 4.01. The molecule has 1 aromatic rings. The number of nitrogens with zero attached hydrogens (tertiary/aromatic N) is 1. The molecule has 0 spiro atoms. The van der Waals surface area contributed by atoms with Crippen LogP contribution in [0.3, 0.4) is 0 Å². The third kappa shape index (κ3) is 9.54. The molecule has 0 fully saturated rings. The zero-order chi connectivity index (χ0) is 14.5. The van der Waals surface area contributed by atoms with E-state index in [1.165, 1.54) is 56.9 Å². The quantitative estimate of drug-likeness (QED) is 0.586. The third-order valence-corrected chi connectivity index (χ3v) is 3.64. The molecule has 1 heterocycles. The highest BCUT2D eigenvalue weighted by molar-refractivity contribution is 5.73. The van der Waals surface area contributed by atoms with Gasteiger partial charge in [-0.2, -0.15) is 0 Å². The van der Waals surface area contributed by atoms with E-state index in [1.807, 2.05) is 12.4 Å². The minimum Gasteiger partial charge on any atom is -0.370 e. The van der Waals surface area contributed by atoms with E-state index in [-0.39, 0.29) is 5.91 Å². The van der Waals surface area contributed by atoms with Gasteiger partial charge in [-0.05, 0) is 37.0 Å². The van der Waals surface area contributed by atoms with Gasteiger partial charge < -0.3 is 5.73 Å². The molecule has 0 saturated heterocycles. The third-order valence-electron chi connectivity index (χ3n) is 3.64. The molecular formula is C17H28N2O. The maximum Gasteiger partial charge on any atom is 0.217 e. The standard InChI is InChI=1S/C17H28N2O/c18-17(20)11-9-7-5-3-1-2-4-6-8-10-16-12-14-19-15-13-16/h12-15H,1-11H2,(H2,18,20). The van der Waals surface area contributed by atoms with Crippen LogP contribution in [0.1, 0.15) is 69.8 Å². The number of hydrogen-bond acceptors (Lipinski definition) is 2. The Hall–Kier alpha value is -1.38. The highest BCUT2D eigenvalue weighted by Crippen LogP contribution is 2.12. The van der Waals surface area contributed by atoms with Crippen molar-refractivity contribution < 1.29 is 4.79 Å². The molecule has 112 valence electrons. The van der Waals surface area contributed by atoms with Crippen LogP contribution in [0.15, 0.2) is 24.5 Å². The topological polar surface area (TPSA) is 56.0 Å². The lowest BCUT2D eigenvalue weighted by Gasteiger charge is -2.03. The molecular weight excluding hydrogens is 248 g/mol. The summed E-state index contributed by atoms with van der Waals surface area (Å²) in [7, 11) is 0. The number of hydrogen-bond donors (Lipinski definition) is 1. The van der Waals surface area contributed by atoms with Crippen LogP contribution in [0.5, 0.6) is 0 Å². The predicted molar refractivity (Wildman–Crippen MR) is 83.3 cm³/mol. The van der Waals surface area contributed by atoms with Crippen LogP contribution < -0.4 is 5.73 Å². The van der Waals surface area contributed by atoms with E-state index in [0.717, 1.165) is 12.8 Å². The van der Waals surface area contributed by atoms with E-state index in [0.29, 0.717) is 6.42 Å². The Bertz CT molecular complexity index is 351. The van der Waals surface area contributed by atoms with Crippen LogP contribution in [-0.4, -0.2) is 10.9 Å². The number of aromatic nitrogens is 1. The average molecular weight is 276 g/mol. The van der Waals surface area contributed by atoms with Gasteiger partial charge in [0.15, 0.2) is 0 Å². The van der Waals surface area contributed by atoms with Gasteiger partial charge in [-0.25, -0.2) is 0 Å². The van der Waals surface area contributed by atoms with Crippen LogP contribution in [0, 0.1) is 0 Å². The molecule has 0 aliphatic carbocycles. The zero-order valence-electron chi connectivity index (χ0n) is 12.5. The average Bonchev–Trinajstić information content (AvgIpc) is 2.45. The van der Waals surface area contributed by atoms with E-state index in [9.17, 15) is 4.79 Å². The van der Waals surface area contributed by atoms with Gasteiger partial charge in [0.25, 0.3) is 0 Å². The minimum absolute atomic E-state index is 0.167. The highest BCUT2D eigenvalue weighted by Gasteiger charge is 1.96. The Morgan fingerprint density at radius 1 is 0.850 bits per heavy atom. The highest BCUT2D eigenvalue weighted by atomic mass is 16.1. The fraction of sp³-hybridized carbons (Fsp3) is 0.647. The van der Waals surface area contributed by atoms with Crippen molar-refractivity contribution in [1.82, 2.24) is 4.98 Å². The summed E-state index contributed by atoms with van der Waals surface area (Å²) in [4.78, 5) is 14.6. The van der Waals surface area contributed by atoms with Crippen molar-refractivity contribution in [2.24, 2.45) is 5.73 Å². The first kappa shape index (κ1) is 16.7. The Morgan fingerprint density at radius 3 is 1.90 bits per heavy atom. The van der Waals surface area contributed by atoms with Gasteiger partial charge in [-0.3, -0.25) is 9.78 Å². The maximum absolute atomic E-state index is 10.6. The second-order valence-electron chi connectivity index (χ2n) is 5.50. The van der Waals surface area contributed by atoms with Crippen LogP contribution in [-0.2, 0) is 11.2 Å². The van der Waals surface area contributed by atoms with Crippen molar-refractivity contribution in [2.45, 2.75) is 70.6 Å². The molecule has 0 bridgehead atoms. The summed E-state index contributed by atoms with van der Waals surface area (Å²) < 4.78 is 0. The molecule has 2 N–H and O–H groups in total. The number of unbranched alkanes of at least 4 members (excludes halogenated alkanes) is 8. The van der Waals surface area contributed by atoms with Gasteiger partial charge >= 0.3 is 0 Å². The van der Waals surface area contributed by atoms with Gasteiger partial charge in [-0.1, -0.05) is 44.9 Å². The van der Waals surface area contributed by atoms with E-state index in [1.54, 1.807) is 0 Å². The number of aryl methyl sites for hydroxylation is 1. The molecule has 3 heteroatoms. The molecule has 1 amide bonds. The van der Waals surface area contributed by atoms with E-state index < -0.39 is 0 Å². The smallest absolute Gasteiger partial charge is 0.217 e. The molecule has 0 atom stereocenters. The molecule has 0 unspecified atom stereocenters. The molecule has 0 radical (unpaired) electrons. The van der Waals surface area contributed by atoms with E-state index in [4.69, 9.17) is 5.73 Å². The molecule has 0 saturated carbocycles. The monoisotopic (exact) mass is 276 g/mol. The fourth-order valence-corrected chi connectivity index (χ4v) is 2.42. The molecule has 20 heavy (non-hydrogen) atoms. The summed E-state index contributed by atoms with van der Waals surface area (Å²) >= 11 is 0. The van der Waals surface area contributed by atoms with Gasteiger partial charge in [-0.15, -0.1) is 0 Å². The van der Waals surface area contributed by atoms with Crippen molar-refractivity contribution in [3.8, 4) is 0 Å². The first-order valence-corrected chi connectivity index (χ1v) is 7.96. The zero-order valence-corrected chi connectivity index (χ0v) is 12.5. The molecule has 0 aromatic carbocycles. The van der Waals surface area contributed by atoms with Gasteiger partial charge in [0.05, 0.1) is 0 Å². The molecule has 1 aromatic heterocycles. The summed E-state index contributed by atoms with van der Waals surface area (Å²) in [6, 6.07) is 4.21. The number of primary amides is 1. The van der Waals surface area contributed by atoms with Crippen LogP contribution in [0.2, 0.25) is 0 Å². The first-order valence-electron chi connectivity index (χ1n) is 7.96. The SMILES string of the molecule is NC(=O)CCCCCCCCCCCc1ccncc1. The minimum atomic E-state index is -0.167. The van der Waals surface area contributed by atoms with Gasteiger partial charge in [0, 0.05) is 18.8 Å². The number of carbonyl (C=O) groups excluding carboxylic acids is 1. The summed E-state index contributed by atoms with van der Waals surface area (Å²) in [6.07, 6.45) is 16.7. The lowest BCUT2D eigenvalue weighted by molar-refractivity contribution is -0.118. The lowest BCUT2D eigenvalue weighted by atomic mass is 10.0. The van der Waals surface area contributed by atoms with Crippen molar-refractivity contribution in [3.63, 3.8) is 0 Å². The van der Waals surface area contributed by atoms with Crippen molar-refractivity contribution in [1.29, 1.82) is 0 Å². The summed E-state index contributed by atoms with van der Waals surface area (Å²) in [5.74, 6) is -0.167. The Morgan fingerprint density at radius 2 is 1.35 bits per heavy atom. The van der Waals surface area contributed by atoms with Crippen molar-refractivity contribution in [3.05, 3.63) is 30.1 Å². The first-order chi connectivity index (χ1) is 9.79. The molecule has 1 rings (SSSR count). The Kier molecular flexibility index (Phi) is 9.54. The number of pyridine rings is 1. The number of nitrogens with two attached hydrogens (primary N) is 1. The number of rotatable bonds is 12. The van der Waals surface area contributed by atoms with Crippen molar-refractivity contribution in [2.75, 3.05) is 0 Å². The van der Waals surface area contributed by atoms with Crippen molar-refractivity contribution >= 4 is 5.91 Å². The number of carbonyl (C=O) groups is 1. The van der Waals surface area contributed by atoms with E-state index in [2.05, 4.69) is 17.1 Å². The largest absolute Gasteiger partial charge is 0.370 e. The summed E-state index contributed by atoms with van der Waals surface area (Å²) in [5, 5.41) is 0. The lowest BCUT2D eigenvalue weighted by Crippen LogP contribution is -2.09. The summed E-state index contributed by atoms with van der Waals surface area (Å²) in [6.45, 7) is 0. The van der Waals surface area contributed by atoms with Gasteiger partial charge in [0.2, 0.25) is 5.91 Å². The summed E-state index contributed by atoms with van der Waals surface area (Å²) in [5.41, 5.74) is 6.50. The molecule has 0 aliphatic heterocycles. The second kappa shape index (κ2) is 11.4. The van der Waals surface area contributed by atoms with Crippen LogP contribution in [0.25, 0.3) is 0 Å². The second-order valence-corrected chi connectivity index (χ2v) is 5.50. The Labute approximate surface area is 123 Å². The Balaban J connectivity index is 1.80. The molecule has 0 aliphatic rings. The molecule has 3 nitrogen and oxygen atoms in total. The maximum atomic E-state index is 10.6. The van der Waals surface area contributed by atoms with Gasteiger partial charge in [0.1, 0.15) is 0 Å².